The van der Waals surface area contributed by atoms with Gasteiger partial charge in [0.25, 0.3) is 5.91 Å². The number of hydrogen-bond acceptors (Lipinski definition) is 5. The molecule has 0 aliphatic carbocycles. The molecule has 1 aliphatic heterocycles. The molecule has 5 nitrogen and oxygen atoms in total. The van der Waals surface area contributed by atoms with Crippen molar-refractivity contribution in [2.24, 2.45) is 0 Å². The average molecular weight is 386 g/mol. The highest BCUT2D eigenvalue weighted by molar-refractivity contribution is 7.99. The van der Waals surface area contributed by atoms with Crippen LogP contribution in [-0.2, 0) is 9.53 Å². The Hall–Kier alpha value is -1.63. The summed E-state index contributed by atoms with van der Waals surface area (Å²) < 4.78 is 10.0. The number of hydrogen-bond donors (Lipinski definition) is 0. The van der Waals surface area contributed by atoms with Crippen LogP contribution in [0.25, 0.3) is 0 Å². The molecule has 1 saturated heterocycles. The summed E-state index contributed by atoms with van der Waals surface area (Å²) in [4.78, 5) is 26.4. The van der Waals surface area contributed by atoms with Gasteiger partial charge in [-0.2, -0.15) is 0 Å². The first-order valence-electron chi connectivity index (χ1n) is 7.03. The summed E-state index contributed by atoms with van der Waals surface area (Å²) in [6, 6.07) is 7.64. The van der Waals surface area contributed by atoms with Crippen LogP contribution in [0.2, 0.25) is 10.0 Å². The number of esters is 1. The van der Waals surface area contributed by atoms with E-state index in [9.17, 15) is 9.59 Å². The first-order valence-corrected chi connectivity index (χ1v) is 8.84. The van der Waals surface area contributed by atoms with Crippen LogP contribution in [0.1, 0.15) is 21.5 Å². The lowest BCUT2D eigenvalue weighted by Gasteiger charge is -2.27. The van der Waals surface area contributed by atoms with Gasteiger partial charge in [-0.3, -0.25) is 4.79 Å². The smallest absolute Gasteiger partial charge is 0.329 e. The average Bonchev–Trinajstić information content (AvgIpc) is 3.25. The molecule has 1 aliphatic rings. The quantitative estimate of drug-likeness (QED) is 0.746. The Balaban J connectivity index is 1.99. The Morgan fingerprint density at radius 2 is 2.08 bits per heavy atom. The SMILES string of the molecule is COC(=O)C1CSC(c2ccc(Cl)c(Cl)c2)N1C(=O)c1ccco1. The molecule has 0 N–H and O–H groups in total. The van der Waals surface area contributed by atoms with Crippen molar-refractivity contribution in [1.29, 1.82) is 0 Å². The third-order valence-corrected chi connectivity index (χ3v) is 5.73. The van der Waals surface area contributed by atoms with Crippen LogP contribution >= 0.6 is 35.0 Å². The summed E-state index contributed by atoms with van der Waals surface area (Å²) in [6.45, 7) is 0. The Morgan fingerprint density at radius 1 is 1.29 bits per heavy atom. The van der Waals surface area contributed by atoms with Crippen molar-refractivity contribution < 1.29 is 18.7 Å². The molecule has 24 heavy (non-hydrogen) atoms. The largest absolute Gasteiger partial charge is 0.467 e. The summed E-state index contributed by atoms with van der Waals surface area (Å²) in [5.41, 5.74) is 0.778. The highest BCUT2D eigenvalue weighted by Crippen LogP contribution is 2.43. The maximum Gasteiger partial charge on any atom is 0.329 e. The van der Waals surface area contributed by atoms with Crippen molar-refractivity contribution in [3.63, 3.8) is 0 Å². The van der Waals surface area contributed by atoms with Gasteiger partial charge in [-0.15, -0.1) is 11.8 Å². The lowest BCUT2D eigenvalue weighted by atomic mass is 10.1. The van der Waals surface area contributed by atoms with Crippen molar-refractivity contribution in [3.8, 4) is 0 Å². The summed E-state index contributed by atoms with van der Waals surface area (Å²) in [6.07, 6.45) is 1.41. The molecule has 0 spiro atoms. The van der Waals surface area contributed by atoms with Crippen molar-refractivity contribution in [2.45, 2.75) is 11.4 Å². The van der Waals surface area contributed by atoms with Crippen LogP contribution in [0.5, 0.6) is 0 Å². The minimum absolute atomic E-state index is 0.163. The molecule has 126 valence electrons. The van der Waals surface area contributed by atoms with E-state index in [1.807, 2.05) is 0 Å². The molecule has 1 aromatic heterocycles. The first-order chi connectivity index (χ1) is 11.5. The second-order valence-electron chi connectivity index (χ2n) is 5.09. The predicted molar refractivity (Wildman–Crippen MR) is 92.3 cm³/mol. The van der Waals surface area contributed by atoms with E-state index in [-0.39, 0.29) is 17.0 Å². The van der Waals surface area contributed by atoms with Crippen LogP contribution in [0.4, 0.5) is 0 Å². The van der Waals surface area contributed by atoms with Gasteiger partial charge in [0.05, 0.1) is 23.4 Å². The molecule has 1 amide bonds. The van der Waals surface area contributed by atoms with Gasteiger partial charge in [0.1, 0.15) is 11.4 Å². The number of halogens is 2. The molecular weight excluding hydrogens is 373 g/mol. The number of methoxy groups -OCH3 is 1. The van der Waals surface area contributed by atoms with E-state index in [2.05, 4.69) is 0 Å². The molecule has 2 unspecified atom stereocenters. The van der Waals surface area contributed by atoms with Crippen LogP contribution < -0.4 is 0 Å². The van der Waals surface area contributed by atoms with E-state index in [0.717, 1.165) is 5.56 Å². The monoisotopic (exact) mass is 385 g/mol. The fraction of sp³-hybridized carbons (Fsp3) is 0.250. The molecule has 3 rings (SSSR count). The van der Waals surface area contributed by atoms with Crippen molar-refractivity contribution in [2.75, 3.05) is 12.9 Å². The number of amides is 1. The first kappa shape index (κ1) is 17.2. The zero-order chi connectivity index (χ0) is 17.3. The Bertz CT molecular complexity index is 765. The summed E-state index contributed by atoms with van der Waals surface area (Å²) in [7, 11) is 1.30. The number of thioether (sulfide) groups is 1. The molecule has 0 radical (unpaired) electrons. The third kappa shape index (κ3) is 3.14. The van der Waals surface area contributed by atoms with Crippen LogP contribution in [0.3, 0.4) is 0 Å². The second kappa shape index (κ2) is 7.09. The van der Waals surface area contributed by atoms with Gasteiger partial charge in [-0.1, -0.05) is 29.3 Å². The molecule has 2 aromatic rings. The van der Waals surface area contributed by atoms with Crippen LogP contribution in [0, 0.1) is 0 Å². The number of furan rings is 1. The standard InChI is InChI=1S/C16H13Cl2NO4S/c1-22-16(21)12-8-24-15(9-4-5-10(17)11(18)7-9)19(12)14(20)13-3-2-6-23-13/h2-7,12,15H,8H2,1H3. The molecular formula is C16H13Cl2NO4S. The van der Waals surface area contributed by atoms with Gasteiger partial charge in [0.2, 0.25) is 0 Å². The fourth-order valence-corrected chi connectivity index (χ4v) is 4.23. The number of carbonyl (C=O) groups excluding carboxylic acids is 2. The number of nitrogens with zero attached hydrogens (tertiary/aromatic N) is 1. The molecule has 2 heterocycles. The predicted octanol–water partition coefficient (Wildman–Crippen LogP) is 4.02. The van der Waals surface area contributed by atoms with Gasteiger partial charge in [-0.25, -0.2) is 4.79 Å². The number of carbonyl (C=O) groups is 2. The van der Waals surface area contributed by atoms with E-state index < -0.39 is 12.0 Å². The van der Waals surface area contributed by atoms with Crippen molar-refractivity contribution in [3.05, 3.63) is 58.0 Å². The van der Waals surface area contributed by atoms with Gasteiger partial charge >= 0.3 is 5.97 Å². The zero-order valence-corrected chi connectivity index (χ0v) is 14.9. The van der Waals surface area contributed by atoms with E-state index in [1.54, 1.807) is 30.3 Å². The zero-order valence-electron chi connectivity index (χ0n) is 12.6. The second-order valence-corrected chi connectivity index (χ2v) is 7.02. The number of rotatable bonds is 3. The molecule has 8 heteroatoms. The minimum Gasteiger partial charge on any atom is -0.467 e. The van der Waals surface area contributed by atoms with Crippen LogP contribution in [0.15, 0.2) is 41.0 Å². The van der Waals surface area contributed by atoms with Crippen molar-refractivity contribution >= 4 is 46.8 Å². The number of benzene rings is 1. The normalized spacial score (nSPS) is 20.2. The van der Waals surface area contributed by atoms with Gasteiger partial charge in [-0.05, 0) is 29.8 Å². The maximum atomic E-state index is 12.8. The fourth-order valence-electron chi connectivity index (χ4n) is 2.52. The Morgan fingerprint density at radius 3 is 2.71 bits per heavy atom. The molecule has 0 saturated carbocycles. The highest BCUT2D eigenvalue weighted by atomic mass is 35.5. The Labute approximate surface area is 152 Å². The van der Waals surface area contributed by atoms with Gasteiger partial charge in [0.15, 0.2) is 5.76 Å². The topological polar surface area (TPSA) is 59.8 Å². The van der Waals surface area contributed by atoms with Crippen molar-refractivity contribution in [1.82, 2.24) is 4.90 Å². The van der Waals surface area contributed by atoms with E-state index in [1.165, 1.54) is 30.0 Å². The highest BCUT2D eigenvalue weighted by Gasteiger charge is 2.44. The van der Waals surface area contributed by atoms with Gasteiger partial charge < -0.3 is 14.1 Å². The van der Waals surface area contributed by atoms with Crippen LogP contribution in [-0.4, -0.2) is 35.7 Å². The molecule has 1 aromatic carbocycles. The lowest BCUT2D eigenvalue weighted by Crippen LogP contribution is -2.43. The molecule has 0 bridgehead atoms. The molecule has 1 fully saturated rings. The number of ether oxygens (including phenoxy) is 1. The van der Waals surface area contributed by atoms with E-state index in [4.69, 9.17) is 32.4 Å². The minimum atomic E-state index is -0.697. The Kier molecular flexibility index (Phi) is 5.08. The molecule has 2 atom stereocenters. The summed E-state index contributed by atoms with van der Waals surface area (Å²) >= 11 is 13.5. The maximum absolute atomic E-state index is 12.8. The van der Waals surface area contributed by atoms with E-state index in [0.29, 0.717) is 15.8 Å². The summed E-state index contributed by atoms with van der Waals surface area (Å²) in [5.74, 6) is -0.262. The third-order valence-electron chi connectivity index (χ3n) is 3.67. The van der Waals surface area contributed by atoms with Gasteiger partial charge in [0, 0.05) is 5.75 Å². The summed E-state index contributed by atoms with van der Waals surface area (Å²) in [5, 5.41) is 0.431. The lowest BCUT2D eigenvalue weighted by molar-refractivity contribution is -0.145. The van der Waals surface area contributed by atoms with E-state index >= 15 is 0 Å².